The van der Waals surface area contributed by atoms with Gasteiger partial charge in [0.15, 0.2) is 0 Å². The standard InChI is InChI=1S/C30H36N6O9.ClH/c1-44-22-5-3-20(4-6-22)28(41)32-23(17-25(37)34-13-11-33(12-14-34)21-7-9-31-10-8-21)29(42)36-16-15-35(19-26(38)39)30(43)24(36)18-27(40)45-2;/h3-10,23-24H,11-19H2,1-2H3,(H,32,41)(H,38,39);1H/t23-,24+;/m0./s1. The molecular weight excluding hydrogens is 624 g/mol. The van der Waals surface area contributed by atoms with Crippen molar-refractivity contribution in [3.8, 4) is 5.75 Å². The number of aromatic nitrogens is 1. The molecule has 0 saturated carbocycles. The third-order valence-electron chi connectivity index (χ3n) is 7.78. The maximum atomic E-state index is 14.0. The number of nitrogens with zero attached hydrogens (tertiary/aromatic N) is 5. The molecule has 16 heteroatoms. The number of hydrogen-bond donors (Lipinski definition) is 2. The summed E-state index contributed by atoms with van der Waals surface area (Å²) < 4.78 is 9.86. The number of rotatable bonds is 11. The van der Waals surface area contributed by atoms with Gasteiger partial charge in [-0.25, -0.2) is 0 Å². The molecule has 2 saturated heterocycles. The predicted octanol–water partition coefficient (Wildman–Crippen LogP) is 0.0364. The van der Waals surface area contributed by atoms with Gasteiger partial charge in [0.1, 0.15) is 24.4 Å². The highest BCUT2D eigenvalue weighted by molar-refractivity contribution is 6.01. The number of methoxy groups -OCH3 is 2. The number of hydrogen-bond acceptors (Lipinski definition) is 10. The number of amides is 4. The van der Waals surface area contributed by atoms with Gasteiger partial charge in [-0.05, 0) is 36.4 Å². The summed E-state index contributed by atoms with van der Waals surface area (Å²) in [5.41, 5.74) is 1.18. The summed E-state index contributed by atoms with van der Waals surface area (Å²) in [6, 6.07) is 7.15. The topological polar surface area (TPSA) is 179 Å². The molecule has 0 spiro atoms. The molecule has 4 amide bonds. The normalized spacial score (nSPS) is 17.0. The number of carboxylic acid groups (broad SMARTS) is 1. The Kier molecular flexibility index (Phi) is 12.7. The molecule has 1 aromatic carbocycles. The molecule has 15 nitrogen and oxygen atoms in total. The van der Waals surface area contributed by atoms with E-state index in [4.69, 9.17) is 9.47 Å². The molecule has 2 atom stereocenters. The highest BCUT2D eigenvalue weighted by atomic mass is 35.5. The number of carboxylic acids is 1. The third-order valence-corrected chi connectivity index (χ3v) is 7.78. The Balaban J connectivity index is 0.00000576. The largest absolute Gasteiger partial charge is 0.497 e. The summed E-state index contributed by atoms with van der Waals surface area (Å²) in [6.07, 6.45) is 2.45. The van der Waals surface area contributed by atoms with Gasteiger partial charge in [0.2, 0.25) is 17.7 Å². The molecule has 0 aliphatic carbocycles. The molecule has 2 aliphatic rings. The maximum absolute atomic E-state index is 14.0. The highest BCUT2D eigenvalue weighted by Crippen LogP contribution is 2.20. The maximum Gasteiger partial charge on any atom is 0.323 e. The lowest BCUT2D eigenvalue weighted by Gasteiger charge is -2.41. The lowest BCUT2D eigenvalue weighted by atomic mass is 10.0. The first kappa shape index (κ1) is 35.6. The lowest BCUT2D eigenvalue weighted by molar-refractivity contribution is -0.159. The molecule has 2 fully saturated rings. The molecular formula is C30H37ClN6O9. The van der Waals surface area contributed by atoms with Crippen molar-refractivity contribution in [2.45, 2.75) is 24.9 Å². The van der Waals surface area contributed by atoms with Crippen LogP contribution in [0.2, 0.25) is 0 Å². The zero-order valence-corrected chi connectivity index (χ0v) is 26.3. The fourth-order valence-corrected chi connectivity index (χ4v) is 5.32. The van der Waals surface area contributed by atoms with Gasteiger partial charge in [0.05, 0.1) is 27.1 Å². The van der Waals surface area contributed by atoms with E-state index < -0.39 is 61.1 Å². The molecule has 3 heterocycles. The first-order valence-corrected chi connectivity index (χ1v) is 14.4. The number of ether oxygens (including phenoxy) is 2. The van der Waals surface area contributed by atoms with Crippen molar-refractivity contribution in [2.24, 2.45) is 0 Å². The van der Waals surface area contributed by atoms with E-state index in [0.717, 1.165) is 22.6 Å². The van der Waals surface area contributed by atoms with Gasteiger partial charge in [0, 0.05) is 62.9 Å². The fourth-order valence-electron chi connectivity index (χ4n) is 5.32. The minimum atomic E-state index is -1.38. The molecule has 2 aromatic rings. The number of esters is 1. The van der Waals surface area contributed by atoms with Gasteiger partial charge >= 0.3 is 11.9 Å². The third kappa shape index (κ3) is 8.84. The Labute approximate surface area is 271 Å². The molecule has 2 N–H and O–H groups in total. The first-order chi connectivity index (χ1) is 21.6. The van der Waals surface area contributed by atoms with E-state index in [1.165, 1.54) is 19.2 Å². The van der Waals surface area contributed by atoms with Crippen LogP contribution in [-0.2, 0) is 28.7 Å². The molecule has 2 aliphatic heterocycles. The molecule has 46 heavy (non-hydrogen) atoms. The Bertz CT molecular complexity index is 1400. The van der Waals surface area contributed by atoms with E-state index in [2.05, 4.69) is 15.2 Å². The van der Waals surface area contributed by atoms with Crippen LogP contribution in [0.5, 0.6) is 5.75 Å². The first-order valence-electron chi connectivity index (χ1n) is 14.4. The van der Waals surface area contributed by atoms with Gasteiger partial charge in [-0.3, -0.25) is 33.8 Å². The summed E-state index contributed by atoms with van der Waals surface area (Å²) in [4.78, 5) is 87.5. The zero-order chi connectivity index (χ0) is 32.5. The zero-order valence-electron chi connectivity index (χ0n) is 25.5. The molecule has 0 unspecified atom stereocenters. The predicted molar refractivity (Wildman–Crippen MR) is 165 cm³/mol. The van der Waals surface area contributed by atoms with Gasteiger partial charge in [-0.15, -0.1) is 12.4 Å². The Morgan fingerprint density at radius 3 is 2.20 bits per heavy atom. The van der Waals surface area contributed by atoms with Crippen LogP contribution in [0.4, 0.5) is 5.69 Å². The van der Waals surface area contributed by atoms with E-state index in [-0.39, 0.29) is 37.0 Å². The van der Waals surface area contributed by atoms with Gasteiger partial charge in [-0.2, -0.15) is 0 Å². The van der Waals surface area contributed by atoms with E-state index in [1.807, 2.05) is 12.1 Å². The van der Waals surface area contributed by atoms with Crippen LogP contribution in [0, 0.1) is 0 Å². The van der Waals surface area contributed by atoms with E-state index >= 15 is 0 Å². The molecule has 0 radical (unpaired) electrons. The number of aliphatic carboxylic acids is 1. The summed E-state index contributed by atoms with van der Waals surface area (Å²) in [5.74, 6) is -4.03. The minimum absolute atomic E-state index is 0. The summed E-state index contributed by atoms with van der Waals surface area (Å²) >= 11 is 0. The van der Waals surface area contributed by atoms with Crippen LogP contribution in [0.1, 0.15) is 23.2 Å². The quantitative estimate of drug-likeness (QED) is 0.311. The SMILES string of the molecule is COC(=O)C[C@@H]1C(=O)N(CC(=O)O)CCN1C(=O)[C@H](CC(=O)N1CCN(c2ccncc2)CC1)NC(=O)c1ccc(OC)cc1.Cl. The summed E-state index contributed by atoms with van der Waals surface area (Å²) in [7, 11) is 2.61. The highest BCUT2D eigenvalue weighted by Gasteiger charge is 2.42. The second-order valence-electron chi connectivity index (χ2n) is 10.5. The molecule has 1 aromatic heterocycles. The lowest BCUT2D eigenvalue weighted by Crippen LogP contribution is -2.63. The number of carbonyl (C=O) groups excluding carboxylic acids is 5. The monoisotopic (exact) mass is 660 g/mol. The van der Waals surface area contributed by atoms with E-state index in [9.17, 15) is 33.9 Å². The molecule has 248 valence electrons. The van der Waals surface area contributed by atoms with Crippen molar-refractivity contribution in [1.29, 1.82) is 0 Å². The van der Waals surface area contributed by atoms with Crippen LogP contribution in [0.3, 0.4) is 0 Å². The molecule has 4 rings (SSSR count). The van der Waals surface area contributed by atoms with Crippen LogP contribution in [-0.4, -0.2) is 132 Å². The number of halogens is 1. The van der Waals surface area contributed by atoms with Crippen molar-refractivity contribution in [3.63, 3.8) is 0 Å². The molecule has 0 bridgehead atoms. The van der Waals surface area contributed by atoms with Crippen LogP contribution >= 0.6 is 12.4 Å². The van der Waals surface area contributed by atoms with E-state index in [1.54, 1.807) is 29.4 Å². The van der Waals surface area contributed by atoms with Gasteiger partial charge < -0.3 is 39.5 Å². The number of carbonyl (C=O) groups is 6. The second kappa shape index (κ2) is 16.4. The van der Waals surface area contributed by atoms with Crippen LogP contribution in [0.25, 0.3) is 0 Å². The number of pyridine rings is 1. The Morgan fingerprint density at radius 1 is 0.957 bits per heavy atom. The van der Waals surface area contributed by atoms with Crippen molar-refractivity contribution >= 4 is 53.7 Å². The number of piperazine rings is 2. The Morgan fingerprint density at radius 2 is 1.61 bits per heavy atom. The fraction of sp³-hybridized carbons (Fsp3) is 0.433. The van der Waals surface area contributed by atoms with Gasteiger partial charge in [-0.1, -0.05) is 0 Å². The van der Waals surface area contributed by atoms with Crippen molar-refractivity contribution in [3.05, 3.63) is 54.4 Å². The van der Waals surface area contributed by atoms with Crippen molar-refractivity contribution in [2.75, 3.05) is 64.9 Å². The number of anilines is 1. The number of benzene rings is 1. The second-order valence-corrected chi connectivity index (χ2v) is 10.5. The van der Waals surface area contributed by atoms with E-state index in [0.29, 0.717) is 31.9 Å². The average Bonchev–Trinajstić information content (AvgIpc) is 3.06. The van der Waals surface area contributed by atoms with Gasteiger partial charge in [0.25, 0.3) is 5.91 Å². The summed E-state index contributed by atoms with van der Waals surface area (Å²) in [5, 5.41) is 11.9. The smallest absolute Gasteiger partial charge is 0.323 e. The Hall–Kier alpha value is -4.92. The summed E-state index contributed by atoms with van der Waals surface area (Å²) in [6.45, 7) is 1.02. The van der Waals surface area contributed by atoms with Crippen molar-refractivity contribution < 1.29 is 43.3 Å². The number of nitrogens with one attached hydrogen (secondary N) is 1. The minimum Gasteiger partial charge on any atom is -0.497 e. The van der Waals surface area contributed by atoms with Crippen molar-refractivity contribution in [1.82, 2.24) is 25.0 Å². The average molecular weight is 661 g/mol. The van der Waals surface area contributed by atoms with Crippen LogP contribution < -0.4 is 15.0 Å². The van der Waals surface area contributed by atoms with Crippen LogP contribution in [0.15, 0.2) is 48.8 Å².